The number of alkyl halides is 6. The molecule has 196 valence electrons. The lowest BCUT2D eigenvalue weighted by Gasteiger charge is -2.32. The van der Waals surface area contributed by atoms with E-state index in [4.69, 9.17) is 11.6 Å². The molecule has 1 aliphatic heterocycles. The third kappa shape index (κ3) is 4.37. The molecule has 11 heteroatoms. The van der Waals surface area contributed by atoms with Gasteiger partial charge in [0.2, 0.25) is 0 Å². The van der Waals surface area contributed by atoms with Gasteiger partial charge in [0, 0.05) is 23.6 Å². The van der Waals surface area contributed by atoms with E-state index in [9.17, 15) is 31.4 Å². The summed E-state index contributed by atoms with van der Waals surface area (Å²) in [7, 11) is 0. The third-order valence-electron chi connectivity index (χ3n) is 6.47. The van der Waals surface area contributed by atoms with Gasteiger partial charge in [-0.25, -0.2) is 0 Å². The molecule has 0 fully saturated rings. The van der Waals surface area contributed by atoms with E-state index in [1.165, 1.54) is 18.2 Å². The second-order valence-electron chi connectivity index (χ2n) is 8.81. The Hall–Kier alpha value is -3.63. The number of hydrogen-bond donors (Lipinski definition) is 1. The molecule has 4 aromatic rings. The topological polar surface area (TPSA) is 48.7 Å². The maximum atomic E-state index is 13.6. The number of benzene rings is 3. The second kappa shape index (κ2) is 9.28. The van der Waals surface area contributed by atoms with E-state index < -0.39 is 36.1 Å². The monoisotopic (exact) mass is 549 g/mol. The minimum absolute atomic E-state index is 0.0731. The number of hydrogen-bond acceptors (Lipinski definition) is 4. The van der Waals surface area contributed by atoms with Crippen LogP contribution in [0.4, 0.5) is 32.0 Å². The van der Waals surface area contributed by atoms with Gasteiger partial charge in [-0.1, -0.05) is 66.2 Å². The molecule has 4 nitrogen and oxygen atoms in total. The van der Waals surface area contributed by atoms with Crippen LogP contribution in [0, 0.1) is 0 Å². The number of hydrazone groups is 1. The summed E-state index contributed by atoms with van der Waals surface area (Å²) in [6, 6.07) is 20.9. The van der Waals surface area contributed by atoms with E-state index in [1.807, 2.05) is 30.3 Å². The van der Waals surface area contributed by atoms with Crippen molar-refractivity contribution in [2.75, 3.05) is 5.01 Å². The van der Waals surface area contributed by atoms with Crippen LogP contribution in [-0.2, 0) is 0 Å². The number of rotatable bonds is 4. The van der Waals surface area contributed by atoms with Crippen LogP contribution in [0.3, 0.4) is 0 Å². The average molecular weight is 550 g/mol. The summed E-state index contributed by atoms with van der Waals surface area (Å²) < 4.78 is 81.8. The smallest absolute Gasteiger partial charge is 0.369 e. The number of pyridine rings is 1. The van der Waals surface area contributed by atoms with Gasteiger partial charge in [-0.2, -0.15) is 31.4 Å². The summed E-state index contributed by atoms with van der Waals surface area (Å²) in [5.41, 5.74) is -3.77. The molecular formula is C27H18ClF6N3O. The SMILES string of the molecule is OC(C1=NN(c2ccccc2Cl)C(c2ccc(-c3cnc4ccccc4c3)cc2)C1)(C(F)(F)F)C(F)(F)F. The second-order valence-corrected chi connectivity index (χ2v) is 9.21. The first-order chi connectivity index (χ1) is 17.9. The molecule has 1 aliphatic rings. The Kier molecular flexibility index (Phi) is 6.35. The molecule has 0 aliphatic carbocycles. The summed E-state index contributed by atoms with van der Waals surface area (Å²) in [5.74, 6) is 0. The van der Waals surface area contributed by atoms with E-state index >= 15 is 0 Å². The maximum Gasteiger partial charge on any atom is 0.431 e. The predicted molar refractivity (Wildman–Crippen MR) is 133 cm³/mol. The predicted octanol–water partition coefficient (Wildman–Crippen LogP) is 7.72. The Balaban J connectivity index is 1.55. The molecule has 0 bridgehead atoms. The van der Waals surface area contributed by atoms with Gasteiger partial charge in [-0.3, -0.25) is 9.99 Å². The number of halogens is 7. The third-order valence-corrected chi connectivity index (χ3v) is 6.79. The highest BCUT2D eigenvalue weighted by molar-refractivity contribution is 6.33. The van der Waals surface area contributed by atoms with Crippen molar-refractivity contribution in [3.63, 3.8) is 0 Å². The van der Waals surface area contributed by atoms with Crippen molar-refractivity contribution in [1.29, 1.82) is 0 Å². The van der Waals surface area contributed by atoms with Crippen LogP contribution >= 0.6 is 11.6 Å². The number of aliphatic hydroxyl groups is 1. The number of fused-ring (bicyclic) bond motifs is 1. The first kappa shape index (κ1) is 26.0. The van der Waals surface area contributed by atoms with Gasteiger partial charge in [-0.05, 0) is 35.4 Å². The summed E-state index contributed by atoms with van der Waals surface area (Å²) in [5, 5.41) is 15.7. The zero-order valence-corrected chi connectivity index (χ0v) is 20.1. The molecule has 3 aromatic carbocycles. The van der Waals surface area contributed by atoms with Crippen molar-refractivity contribution in [3.05, 3.63) is 95.6 Å². The van der Waals surface area contributed by atoms with Crippen LogP contribution in [0.1, 0.15) is 18.0 Å². The molecule has 2 heterocycles. The summed E-state index contributed by atoms with van der Waals surface area (Å²) >= 11 is 6.23. The van der Waals surface area contributed by atoms with Crippen molar-refractivity contribution in [3.8, 4) is 11.1 Å². The molecule has 1 N–H and O–H groups in total. The Bertz CT molecular complexity index is 1500. The average Bonchev–Trinajstić information content (AvgIpc) is 3.32. The molecular weight excluding hydrogens is 532 g/mol. The van der Waals surface area contributed by atoms with Crippen LogP contribution in [0.25, 0.3) is 22.0 Å². The number of anilines is 1. The van der Waals surface area contributed by atoms with Gasteiger partial charge < -0.3 is 5.11 Å². The van der Waals surface area contributed by atoms with Crippen molar-refractivity contribution in [1.82, 2.24) is 4.98 Å². The minimum atomic E-state index is -6.04. The van der Waals surface area contributed by atoms with Crippen molar-refractivity contribution < 1.29 is 31.4 Å². The lowest BCUT2D eigenvalue weighted by atomic mass is 9.89. The number of nitrogens with zero attached hydrogens (tertiary/aromatic N) is 3. The normalized spacial score (nSPS) is 16.7. The zero-order chi connectivity index (χ0) is 27.3. The van der Waals surface area contributed by atoms with E-state index in [0.717, 1.165) is 27.0 Å². The van der Waals surface area contributed by atoms with Gasteiger partial charge in [0.05, 0.1) is 28.0 Å². The Morgan fingerprint density at radius 2 is 1.45 bits per heavy atom. The molecule has 5 rings (SSSR count). The molecule has 38 heavy (non-hydrogen) atoms. The quantitative estimate of drug-likeness (QED) is 0.265. The fourth-order valence-corrected chi connectivity index (χ4v) is 4.69. The Labute approximate surface area is 217 Å². The Morgan fingerprint density at radius 1 is 0.816 bits per heavy atom. The van der Waals surface area contributed by atoms with Crippen LogP contribution in [0.2, 0.25) is 5.02 Å². The molecule has 1 unspecified atom stereocenters. The largest absolute Gasteiger partial charge is 0.431 e. The molecule has 1 aromatic heterocycles. The van der Waals surface area contributed by atoms with Crippen molar-refractivity contribution in [2.45, 2.75) is 30.4 Å². The lowest BCUT2D eigenvalue weighted by molar-refractivity contribution is -0.338. The zero-order valence-electron chi connectivity index (χ0n) is 19.3. The van der Waals surface area contributed by atoms with Crippen LogP contribution < -0.4 is 5.01 Å². The fraction of sp³-hybridized carbons (Fsp3) is 0.185. The highest BCUT2D eigenvalue weighted by atomic mass is 35.5. The number of para-hydroxylation sites is 2. The first-order valence-corrected chi connectivity index (χ1v) is 11.7. The van der Waals surface area contributed by atoms with E-state index in [2.05, 4.69) is 10.1 Å². The first-order valence-electron chi connectivity index (χ1n) is 11.3. The highest BCUT2D eigenvalue weighted by Gasteiger charge is 2.74. The summed E-state index contributed by atoms with van der Waals surface area (Å²) in [4.78, 5) is 4.42. The molecule has 0 saturated heterocycles. The molecule has 0 amide bonds. The highest BCUT2D eigenvalue weighted by Crippen LogP contribution is 2.49. The van der Waals surface area contributed by atoms with Gasteiger partial charge in [0.1, 0.15) is 0 Å². The minimum Gasteiger partial charge on any atom is -0.369 e. The van der Waals surface area contributed by atoms with E-state index in [-0.39, 0.29) is 10.7 Å². The molecule has 1 atom stereocenters. The Morgan fingerprint density at radius 3 is 2.11 bits per heavy atom. The van der Waals surface area contributed by atoms with E-state index in [0.29, 0.717) is 5.56 Å². The van der Waals surface area contributed by atoms with Crippen molar-refractivity contribution in [2.24, 2.45) is 5.10 Å². The van der Waals surface area contributed by atoms with Crippen LogP contribution in [-0.4, -0.2) is 33.8 Å². The van der Waals surface area contributed by atoms with Crippen LogP contribution in [0.5, 0.6) is 0 Å². The van der Waals surface area contributed by atoms with Gasteiger partial charge >= 0.3 is 12.4 Å². The lowest BCUT2D eigenvalue weighted by Crippen LogP contribution is -2.62. The maximum absolute atomic E-state index is 13.6. The van der Waals surface area contributed by atoms with E-state index in [1.54, 1.807) is 36.5 Å². The van der Waals surface area contributed by atoms with Gasteiger partial charge in [0.25, 0.3) is 5.60 Å². The van der Waals surface area contributed by atoms with Gasteiger partial charge in [-0.15, -0.1) is 0 Å². The van der Waals surface area contributed by atoms with Crippen molar-refractivity contribution >= 4 is 33.9 Å². The molecule has 0 radical (unpaired) electrons. The standard InChI is InChI=1S/C27H18ClF6N3O/c28-20-6-2-4-8-22(20)37-23(14-24(36-37)25(38,26(29,30)31)27(32,33)34)17-11-9-16(10-12-17)19-13-18-5-1-3-7-21(18)35-15-19/h1-13,15,23,38H,14H2. The van der Waals surface area contributed by atoms with Crippen LogP contribution in [0.15, 0.2) is 90.2 Å². The fourth-order valence-electron chi connectivity index (χ4n) is 4.46. The number of aromatic nitrogens is 1. The molecule has 0 saturated carbocycles. The van der Waals surface area contributed by atoms with Gasteiger partial charge in [0.15, 0.2) is 0 Å². The summed E-state index contributed by atoms with van der Waals surface area (Å²) in [6.45, 7) is 0. The summed E-state index contributed by atoms with van der Waals surface area (Å²) in [6.07, 6.45) is -11.2. The molecule has 0 spiro atoms.